The molecular formula is C18H19IN4O. The molecule has 1 N–H and O–H groups in total. The first kappa shape index (κ1) is 16.9. The predicted molar refractivity (Wildman–Crippen MR) is 104 cm³/mol. The van der Waals surface area contributed by atoms with E-state index >= 15 is 0 Å². The van der Waals surface area contributed by atoms with Gasteiger partial charge in [-0.3, -0.25) is 4.79 Å². The standard InChI is InChI=1S/C18H19IN4O/c1-10(2)23-17-13(9-20-23)7-15(12(4)21-17)18(24)22-14-6-5-11(3)16(19)8-14/h5-10H,1-4H3,(H,22,24). The maximum atomic E-state index is 12.6. The molecule has 3 aromatic rings. The van der Waals surface area contributed by atoms with Crippen LogP contribution < -0.4 is 5.32 Å². The first-order valence-corrected chi connectivity index (χ1v) is 8.87. The van der Waals surface area contributed by atoms with Crippen LogP contribution in [0.15, 0.2) is 30.5 Å². The molecule has 0 fully saturated rings. The normalized spacial score (nSPS) is 11.2. The highest BCUT2D eigenvalue weighted by atomic mass is 127. The molecule has 0 unspecified atom stereocenters. The van der Waals surface area contributed by atoms with Crippen LogP contribution in [0.4, 0.5) is 5.69 Å². The summed E-state index contributed by atoms with van der Waals surface area (Å²) in [6, 6.07) is 7.96. The summed E-state index contributed by atoms with van der Waals surface area (Å²) in [6.45, 7) is 8.01. The number of rotatable bonds is 3. The second kappa shape index (κ2) is 6.51. The van der Waals surface area contributed by atoms with Crippen molar-refractivity contribution in [1.29, 1.82) is 0 Å². The molecule has 5 nitrogen and oxygen atoms in total. The lowest BCUT2D eigenvalue weighted by molar-refractivity contribution is 0.102. The highest BCUT2D eigenvalue weighted by Crippen LogP contribution is 2.21. The van der Waals surface area contributed by atoms with Crippen molar-refractivity contribution >= 4 is 45.2 Å². The topological polar surface area (TPSA) is 59.8 Å². The van der Waals surface area contributed by atoms with Crippen molar-refractivity contribution in [2.45, 2.75) is 33.7 Å². The molecule has 0 spiro atoms. The molecule has 1 amide bonds. The fourth-order valence-electron chi connectivity index (χ4n) is 2.54. The molecule has 0 saturated carbocycles. The van der Waals surface area contributed by atoms with Gasteiger partial charge in [0.05, 0.1) is 17.5 Å². The molecular weight excluding hydrogens is 415 g/mol. The van der Waals surface area contributed by atoms with Crippen LogP contribution in [0.5, 0.6) is 0 Å². The lowest BCUT2D eigenvalue weighted by Gasteiger charge is -2.10. The number of nitrogens with one attached hydrogen (secondary N) is 1. The minimum absolute atomic E-state index is 0.154. The van der Waals surface area contributed by atoms with E-state index < -0.39 is 0 Å². The van der Waals surface area contributed by atoms with E-state index in [1.165, 1.54) is 5.56 Å². The van der Waals surface area contributed by atoms with Crippen molar-refractivity contribution in [3.8, 4) is 0 Å². The van der Waals surface area contributed by atoms with E-state index in [1.54, 1.807) is 6.20 Å². The average Bonchev–Trinajstić information content (AvgIpc) is 2.93. The van der Waals surface area contributed by atoms with Gasteiger partial charge in [-0.15, -0.1) is 0 Å². The maximum Gasteiger partial charge on any atom is 0.257 e. The highest BCUT2D eigenvalue weighted by molar-refractivity contribution is 14.1. The lowest BCUT2D eigenvalue weighted by atomic mass is 10.1. The zero-order chi connectivity index (χ0) is 17.4. The molecule has 0 saturated heterocycles. The number of benzene rings is 1. The molecule has 0 bridgehead atoms. The number of carbonyl (C=O) groups excluding carboxylic acids is 1. The van der Waals surface area contributed by atoms with Crippen LogP contribution in [0, 0.1) is 17.4 Å². The summed E-state index contributed by atoms with van der Waals surface area (Å²) in [4.78, 5) is 17.2. The molecule has 0 aliphatic heterocycles. The lowest BCUT2D eigenvalue weighted by Crippen LogP contribution is -2.15. The fourth-order valence-corrected chi connectivity index (χ4v) is 3.06. The fraction of sp³-hybridized carbons (Fsp3) is 0.278. The second-order valence-corrected chi connectivity index (χ2v) is 7.30. The van der Waals surface area contributed by atoms with Gasteiger partial charge in [0, 0.05) is 20.7 Å². The van der Waals surface area contributed by atoms with E-state index in [-0.39, 0.29) is 11.9 Å². The molecule has 3 rings (SSSR count). The van der Waals surface area contributed by atoms with E-state index in [0.717, 1.165) is 20.3 Å². The van der Waals surface area contributed by atoms with Gasteiger partial charge in [-0.05, 0) is 74.0 Å². The number of halogens is 1. The van der Waals surface area contributed by atoms with Crippen molar-refractivity contribution in [3.05, 3.63) is 50.9 Å². The van der Waals surface area contributed by atoms with Crippen LogP contribution >= 0.6 is 22.6 Å². The molecule has 24 heavy (non-hydrogen) atoms. The summed E-state index contributed by atoms with van der Waals surface area (Å²) in [7, 11) is 0. The van der Waals surface area contributed by atoms with Gasteiger partial charge < -0.3 is 5.32 Å². The predicted octanol–water partition coefficient (Wildman–Crippen LogP) is 4.49. The monoisotopic (exact) mass is 434 g/mol. The smallest absolute Gasteiger partial charge is 0.257 e. The Morgan fingerprint density at radius 2 is 2.00 bits per heavy atom. The summed E-state index contributed by atoms with van der Waals surface area (Å²) < 4.78 is 2.99. The quantitative estimate of drug-likeness (QED) is 0.619. The SMILES string of the molecule is Cc1ccc(NC(=O)c2cc3cnn(C(C)C)c3nc2C)cc1I. The Kier molecular flexibility index (Phi) is 4.58. The Bertz CT molecular complexity index is 930. The number of hydrogen-bond donors (Lipinski definition) is 1. The molecule has 0 aliphatic rings. The number of hydrogen-bond acceptors (Lipinski definition) is 3. The van der Waals surface area contributed by atoms with E-state index in [1.807, 2.05) is 42.8 Å². The van der Waals surface area contributed by atoms with Crippen LogP contribution in [0.1, 0.15) is 41.5 Å². The number of carbonyl (C=O) groups is 1. The number of aromatic nitrogens is 3. The van der Waals surface area contributed by atoms with Gasteiger partial charge in [0.1, 0.15) is 0 Å². The molecule has 1 aromatic carbocycles. The van der Waals surface area contributed by atoms with Gasteiger partial charge in [-0.1, -0.05) is 6.07 Å². The summed E-state index contributed by atoms with van der Waals surface area (Å²) in [5, 5.41) is 8.19. The van der Waals surface area contributed by atoms with Gasteiger partial charge in [-0.25, -0.2) is 9.67 Å². The first-order chi connectivity index (χ1) is 11.4. The number of fused-ring (bicyclic) bond motifs is 1. The zero-order valence-corrected chi connectivity index (χ0v) is 16.2. The van der Waals surface area contributed by atoms with Gasteiger partial charge in [0.2, 0.25) is 0 Å². The van der Waals surface area contributed by atoms with Crippen molar-refractivity contribution < 1.29 is 4.79 Å². The van der Waals surface area contributed by atoms with Gasteiger partial charge >= 0.3 is 0 Å². The van der Waals surface area contributed by atoms with Crippen LogP contribution in [0.25, 0.3) is 11.0 Å². The van der Waals surface area contributed by atoms with Crippen molar-refractivity contribution in [1.82, 2.24) is 14.8 Å². The van der Waals surface area contributed by atoms with Gasteiger partial charge in [0.25, 0.3) is 5.91 Å². The van der Waals surface area contributed by atoms with Crippen molar-refractivity contribution in [2.24, 2.45) is 0 Å². The Hall–Kier alpha value is -1.96. The Morgan fingerprint density at radius 3 is 2.67 bits per heavy atom. The van der Waals surface area contributed by atoms with Crippen LogP contribution in [-0.4, -0.2) is 20.7 Å². The zero-order valence-electron chi connectivity index (χ0n) is 14.1. The van der Waals surface area contributed by atoms with Crippen LogP contribution in [0.2, 0.25) is 0 Å². The van der Waals surface area contributed by atoms with E-state index in [0.29, 0.717) is 11.3 Å². The number of nitrogens with zero attached hydrogens (tertiary/aromatic N) is 3. The van der Waals surface area contributed by atoms with Gasteiger partial charge in [-0.2, -0.15) is 5.10 Å². The molecule has 6 heteroatoms. The molecule has 0 radical (unpaired) electrons. The van der Waals surface area contributed by atoms with E-state index in [4.69, 9.17) is 0 Å². The Balaban J connectivity index is 1.94. The van der Waals surface area contributed by atoms with E-state index in [9.17, 15) is 4.79 Å². The largest absolute Gasteiger partial charge is 0.322 e. The van der Waals surface area contributed by atoms with Crippen molar-refractivity contribution in [2.75, 3.05) is 5.32 Å². The number of pyridine rings is 1. The van der Waals surface area contributed by atoms with Crippen LogP contribution in [-0.2, 0) is 0 Å². The molecule has 2 heterocycles. The number of anilines is 1. The van der Waals surface area contributed by atoms with Gasteiger partial charge in [0.15, 0.2) is 5.65 Å². The average molecular weight is 434 g/mol. The highest BCUT2D eigenvalue weighted by Gasteiger charge is 2.15. The minimum atomic E-state index is -0.154. The molecule has 124 valence electrons. The summed E-state index contributed by atoms with van der Waals surface area (Å²) in [6.07, 6.45) is 1.76. The number of amides is 1. The summed E-state index contributed by atoms with van der Waals surface area (Å²) in [5.74, 6) is -0.154. The molecule has 0 atom stereocenters. The van der Waals surface area contributed by atoms with Crippen molar-refractivity contribution in [3.63, 3.8) is 0 Å². The number of aryl methyl sites for hydroxylation is 2. The third-order valence-corrected chi connectivity index (χ3v) is 5.09. The Labute approximate surface area is 154 Å². The molecule has 2 aromatic heterocycles. The van der Waals surface area contributed by atoms with E-state index in [2.05, 4.69) is 51.8 Å². The Morgan fingerprint density at radius 1 is 1.25 bits per heavy atom. The molecule has 0 aliphatic carbocycles. The second-order valence-electron chi connectivity index (χ2n) is 6.14. The maximum absolute atomic E-state index is 12.6. The third kappa shape index (κ3) is 3.15. The van der Waals surface area contributed by atoms with Crippen LogP contribution in [0.3, 0.4) is 0 Å². The summed E-state index contributed by atoms with van der Waals surface area (Å²) >= 11 is 2.26. The third-order valence-electron chi connectivity index (χ3n) is 3.92. The summed E-state index contributed by atoms with van der Waals surface area (Å²) in [5.41, 5.74) is 4.05. The minimum Gasteiger partial charge on any atom is -0.322 e. The first-order valence-electron chi connectivity index (χ1n) is 7.79.